The Morgan fingerprint density at radius 1 is 1.50 bits per heavy atom. The van der Waals surface area contributed by atoms with Crippen LogP contribution in [-0.4, -0.2) is 4.98 Å². The third kappa shape index (κ3) is 4.26. The number of pyridine rings is 1. The number of aromatic nitrogens is 1. The molecular weight excluding hydrogens is 287 g/mol. The van der Waals surface area contributed by atoms with E-state index in [0.29, 0.717) is 0 Å². The molecule has 0 spiro atoms. The van der Waals surface area contributed by atoms with Crippen LogP contribution in [0.3, 0.4) is 0 Å². The van der Waals surface area contributed by atoms with Gasteiger partial charge in [0.2, 0.25) is 0 Å². The Hall–Kier alpha value is -0.320. The van der Waals surface area contributed by atoms with Crippen molar-refractivity contribution in [2.45, 2.75) is 33.1 Å². The van der Waals surface area contributed by atoms with Gasteiger partial charge in [-0.1, -0.05) is 20.3 Å². The van der Waals surface area contributed by atoms with E-state index in [-0.39, 0.29) is 0 Å². The van der Waals surface area contributed by atoms with Crippen LogP contribution in [0.4, 0.5) is 5.82 Å². The molecule has 1 rings (SSSR count). The standard InChI is InChI=1S/C11H17IN2/c1-9(2)4-3-5-10-6-7-13-11(8-10)14-12/h6-9H,3-5H2,1-2H3,(H,13,14). The van der Waals surface area contributed by atoms with E-state index in [9.17, 15) is 0 Å². The van der Waals surface area contributed by atoms with E-state index >= 15 is 0 Å². The fourth-order valence-electron chi connectivity index (χ4n) is 1.40. The smallest absolute Gasteiger partial charge is 0.134 e. The van der Waals surface area contributed by atoms with Crippen LogP contribution in [0.2, 0.25) is 0 Å². The van der Waals surface area contributed by atoms with Crippen molar-refractivity contribution in [3.63, 3.8) is 0 Å². The lowest BCUT2D eigenvalue weighted by atomic mass is 10.0. The fraction of sp³-hybridized carbons (Fsp3) is 0.545. The third-order valence-electron chi connectivity index (χ3n) is 2.17. The quantitative estimate of drug-likeness (QED) is 0.661. The summed E-state index contributed by atoms with van der Waals surface area (Å²) in [6.45, 7) is 4.54. The van der Waals surface area contributed by atoms with Gasteiger partial charge in [0.05, 0.1) is 22.9 Å². The summed E-state index contributed by atoms with van der Waals surface area (Å²) in [6, 6.07) is 4.21. The largest absolute Gasteiger partial charge is 0.313 e. The van der Waals surface area contributed by atoms with Crippen molar-refractivity contribution in [3.8, 4) is 0 Å². The van der Waals surface area contributed by atoms with E-state index in [2.05, 4.69) is 57.4 Å². The van der Waals surface area contributed by atoms with Crippen LogP contribution < -0.4 is 3.53 Å². The zero-order chi connectivity index (χ0) is 10.4. The molecule has 0 radical (unpaired) electrons. The molecule has 1 heterocycles. The van der Waals surface area contributed by atoms with Gasteiger partial charge in [0.15, 0.2) is 0 Å². The van der Waals surface area contributed by atoms with Crippen molar-refractivity contribution < 1.29 is 0 Å². The minimum atomic E-state index is 0.805. The minimum Gasteiger partial charge on any atom is -0.313 e. The topological polar surface area (TPSA) is 24.9 Å². The Kier molecular flexibility index (Phi) is 5.22. The normalized spacial score (nSPS) is 10.6. The molecule has 1 aromatic rings. The third-order valence-corrected chi connectivity index (χ3v) is 2.72. The van der Waals surface area contributed by atoms with Gasteiger partial charge < -0.3 is 3.53 Å². The number of nitrogens with zero attached hydrogens (tertiary/aromatic N) is 1. The SMILES string of the molecule is CC(C)CCCc1ccnc(NI)c1. The molecule has 0 aliphatic carbocycles. The van der Waals surface area contributed by atoms with Crippen LogP contribution in [0, 0.1) is 5.92 Å². The molecular formula is C11H17IN2. The van der Waals surface area contributed by atoms with Gasteiger partial charge >= 0.3 is 0 Å². The highest BCUT2D eigenvalue weighted by molar-refractivity contribution is 14.1. The van der Waals surface area contributed by atoms with Crippen LogP contribution >= 0.6 is 22.9 Å². The molecule has 0 amide bonds. The molecule has 0 saturated carbocycles. The van der Waals surface area contributed by atoms with Gasteiger partial charge in [0.1, 0.15) is 5.82 Å². The Labute approximate surface area is 100 Å². The number of nitrogens with one attached hydrogen (secondary N) is 1. The van der Waals surface area contributed by atoms with E-state index in [1.807, 2.05) is 6.20 Å². The Balaban J connectivity index is 2.42. The van der Waals surface area contributed by atoms with Gasteiger partial charge in [-0.3, -0.25) is 0 Å². The van der Waals surface area contributed by atoms with E-state index in [0.717, 1.165) is 18.2 Å². The Morgan fingerprint density at radius 3 is 2.93 bits per heavy atom. The molecule has 0 saturated heterocycles. The molecule has 78 valence electrons. The van der Waals surface area contributed by atoms with Crippen molar-refractivity contribution in [3.05, 3.63) is 23.9 Å². The van der Waals surface area contributed by atoms with Crippen molar-refractivity contribution in [1.82, 2.24) is 4.98 Å². The lowest BCUT2D eigenvalue weighted by Crippen LogP contribution is -1.92. The number of anilines is 1. The molecule has 2 nitrogen and oxygen atoms in total. The first-order valence-corrected chi connectivity index (χ1v) is 6.12. The maximum atomic E-state index is 4.18. The van der Waals surface area contributed by atoms with Crippen molar-refractivity contribution in [1.29, 1.82) is 0 Å². The Bertz CT molecular complexity index is 274. The molecule has 1 N–H and O–H groups in total. The molecule has 1 aromatic heterocycles. The second-order valence-corrected chi connectivity index (χ2v) is 4.47. The molecule has 0 atom stereocenters. The summed E-state index contributed by atoms with van der Waals surface area (Å²) in [5, 5.41) is 0. The monoisotopic (exact) mass is 304 g/mol. The average Bonchev–Trinajstić information content (AvgIpc) is 2.18. The second kappa shape index (κ2) is 6.22. The van der Waals surface area contributed by atoms with E-state index in [1.54, 1.807) is 0 Å². The summed E-state index contributed by atoms with van der Waals surface area (Å²) in [5.74, 6) is 1.76. The molecule has 0 fully saturated rings. The lowest BCUT2D eigenvalue weighted by molar-refractivity contribution is 0.556. The van der Waals surface area contributed by atoms with Gasteiger partial charge in [-0.15, -0.1) is 0 Å². The summed E-state index contributed by atoms with van der Waals surface area (Å²) >= 11 is 2.11. The predicted octanol–water partition coefficient (Wildman–Crippen LogP) is 3.82. The van der Waals surface area contributed by atoms with E-state index < -0.39 is 0 Å². The van der Waals surface area contributed by atoms with Crippen LogP contribution in [0.15, 0.2) is 18.3 Å². The molecule has 0 aromatic carbocycles. The number of hydrogen-bond donors (Lipinski definition) is 1. The molecule has 14 heavy (non-hydrogen) atoms. The second-order valence-electron chi connectivity index (χ2n) is 3.93. The van der Waals surface area contributed by atoms with Gasteiger partial charge in [-0.25, -0.2) is 4.98 Å². The highest BCUT2D eigenvalue weighted by Crippen LogP contribution is 2.13. The average molecular weight is 304 g/mol. The van der Waals surface area contributed by atoms with Crippen LogP contribution in [0.1, 0.15) is 32.3 Å². The number of aryl methyl sites for hydroxylation is 1. The first-order chi connectivity index (χ1) is 6.72. The van der Waals surface area contributed by atoms with E-state index in [1.165, 1.54) is 18.4 Å². The van der Waals surface area contributed by atoms with Crippen molar-refractivity contribution in [2.24, 2.45) is 5.92 Å². The summed E-state index contributed by atoms with van der Waals surface area (Å²) in [5.41, 5.74) is 1.37. The van der Waals surface area contributed by atoms with Crippen LogP contribution in [-0.2, 0) is 6.42 Å². The van der Waals surface area contributed by atoms with Gasteiger partial charge in [-0.2, -0.15) is 0 Å². The zero-order valence-corrected chi connectivity index (χ0v) is 10.9. The first kappa shape index (κ1) is 11.8. The van der Waals surface area contributed by atoms with E-state index in [4.69, 9.17) is 0 Å². The fourth-order valence-corrected chi connectivity index (χ4v) is 1.69. The Morgan fingerprint density at radius 2 is 2.29 bits per heavy atom. The summed E-state index contributed by atoms with van der Waals surface area (Å²) in [7, 11) is 0. The summed E-state index contributed by atoms with van der Waals surface area (Å²) in [6.07, 6.45) is 5.59. The maximum Gasteiger partial charge on any atom is 0.134 e. The maximum absolute atomic E-state index is 4.18. The van der Waals surface area contributed by atoms with Crippen LogP contribution in [0.25, 0.3) is 0 Å². The zero-order valence-electron chi connectivity index (χ0n) is 8.76. The number of halogens is 1. The summed E-state index contributed by atoms with van der Waals surface area (Å²) in [4.78, 5) is 4.18. The van der Waals surface area contributed by atoms with Crippen molar-refractivity contribution in [2.75, 3.05) is 3.53 Å². The molecule has 0 aliphatic heterocycles. The molecule has 0 aliphatic rings. The highest BCUT2D eigenvalue weighted by Gasteiger charge is 1.98. The lowest BCUT2D eigenvalue weighted by Gasteiger charge is -2.05. The van der Waals surface area contributed by atoms with Crippen LogP contribution in [0.5, 0.6) is 0 Å². The van der Waals surface area contributed by atoms with Crippen molar-refractivity contribution >= 4 is 28.7 Å². The van der Waals surface area contributed by atoms with Gasteiger partial charge in [0, 0.05) is 6.20 Å². The highest BCUT2D eigenvalue weighted by atomic mass is 127. The number of rotatable bonds is 5. The molecule has 3 heteroatoms. The predicted molar refractivity (Wildman–Crippen MR) is 69.7 cm³/mol. The summed E-state index contributed by atoms with van der Waals surface area (Å²) < 4.78 is 3.03. The minimum absolute atomic E-state index is 0.805. The molecule has 0 unspecified atom stereocenters. The van der Waals surface area contributed by atoms with Gasteiger partial charge in [0.25, 0.3) is 0 Å². The number of hydrogen-bond acceptors (Lipinski definition) is 2. The van der Waals surface area contributed by atoms with Gasteiger partial charge in [-0.05, 0) is 36.5 Å². The first-order valence-electron chi connectivity index (χ1n) is 5.04. The molecule has 0 bridgehead atoms.